The average molecular weight is 537 g/mol. The lowest BCUT2D eigenvalue weighted by molar-refractivity contribution is -0.119. The molecule has 0 aliphatic rings. The normalized spacial score (nSPS) is 11.2. The molecule has 0 heterocycles. The fraction of sp³-hybridized carbons (Fsp3) is 0.240. The Kier molecular flexibility index (Phi) is 9.83. The van der Waals surface area contributed by atoms with Gasteiger partial charge in [0, 0.05) is 23.1 Å². The van der Waals surface area contributed by atoms with Crippen molar-refractivity contribution in [3.63, 3.8) is 0 Å². The molecule has 0 unspecified atom stereocenters. The molecule has 0 bridgehead atoms. The number of nitrogens with one attached hydrogen (secondary N) is 1. The van der Waals surface area contributed by atoms with Crippen molar-refractivity contribution in [3.8, 4) is 5.75 Å². The van der Waals surface area contributed by atoms with Crippen LogP contribution in [0.25, 0.3) is 0 Å². The fourth-order valence-electron chi connectivity index (χ4n) is 3.17. The molecule has 10 heteroatoms. The molecule has 1 amide bonds. The summed E-state index contributed by atoms with van der Waals surface area (Å²) in [6.45, 7) is 2.18. The number of thioether (sulfide) groups is 1. The van der Waals surface area contributed by atoms with Crippen molar-refractivity contribution >= 4 is 45.0 Å². The Morgan fingerprint density at radius 2 is 1.74 bits per heavy atom. The van der Waals surface area contributed by atoms with Crippen LogP contribution in [0.4, 0.5) is 10.1 Å². The highest BCUT2D eigenvalue weighted by Gasteiger charge is 2.27. The van der Waals surface area contributed by atoms with Crippen LogP contribution in [0.1, 0.15) is 12.5 Å². The van der Waals surface area contributed by atoms with Gasteiger partial charge in [-0.25, -0.2) is 12.8 Å². The Morgan fingerprint density at radius 3 is 2.40 bits per heavy atom. The third-order valence-electron chi connectivity index (χ3n) is 4.91. The van der Waals surface area contributed by atoms with Gasteiger partial charge in [0.2, 0.25) is 5.91 Å². The Morgan fingerprint density at radius 1 is 1.06 bits per heavy atom. The van der Waals surface area contributed by atoms with E-state index in [1.807, 2.05) is 31.2 Å². The van der Waals surface area contributed by atoms with E-state index >= 15 is 0 Å². The number of nitrogens with zero attached hydrogens (tertiary/aromatic N) is 1. The first-order valence-electron chi connectivity index (χ1n) is 10.9. The standard InChI is InChI=1S/C25H26ClFN2O4S2/c1-2-33-22-11-13-23(14-12-22)35(31,32)29(21-9-7-20(27)8-10-21)17-25(30)28-15-16-34-18-19-5-3-4-6-24(19)26/h3-14H,2,15-18H2,1H3,(H,28,30). The number of sulfonamides is 1. The number of benzene rings is 3. The maximum atomic E-state index is 13.5. The molecule has 3 aromatic rings. The maximum absolute atomic E-state index is 13.5. The molecule has 0 aromatic heterocycles. The Labute approximate surface area is 214 Å². The summed E-state index contributed by atoms with van der Waals surface area (Å²) in [7, 11) is -4.10. The molecule has 0 saturated carbocycles. The number of ether oxygens (including phenoxy) is 1. The minimum absolute atomic E-state index is 0.00614. The van der Waals surface area contributed by atoms with Gasteiger partial charge in [-0.3, -0.25) is 9.10 Å². The van der Waals surface area contributed by atoms with Gasteiger partial charge in [-0.15, -0.1) is 0 Å². The molecule has 0 radical (unpaired) electrons. The Bertz CT molecular complexity index is 1220. The minimum atomic E-state index is -4.10. The summed E-state index contributed by atoms with van der Waals surface area (Å²) >= 11 is 7.76. The summed E-state index contributed by atoms with van der Waals surface area (Å²) < 4.78 is 46.6. The van der Waals surface area contributed by atoms with Crippen LogP contribution in [-0.4, -0.2) is 39.8 Å². The van der Waals surface area contributed by atoms with Gasteiger partial charge < -0.3 is 10.1 Å². The van der Waals surface area contributed by atoms with Crippen LogP contribution in [0.2, 0.25) is 5.02 Å². The lowest BCUT2D eigenvalue weighted by atomic mass is 10.2. The zero-order chi connectivity index (χ0) is 25.3. The van der Waals surface area contributed by atoms with E-state index in [0.717, 1.165) is 22.0 Å². The average Bonchev–Trinajstić information content (AvgIpc) is 2.84. The van der Waals surface area contributed by atoms with Gasteiger partial charge in [0.1, 0.15) is 18.1 Å². The number of halogens is 2. The summed E-state index contributed by atoms with van der Waals surface area (Å²) in [5.74, 6) is 0.879. The number of carbonyl (C=O) groups excluding carboxylic acids is 1. The molecule has 3 aromatic carbocycles. The van der Waals surface area contributed by atoms with Gasteiger partial charge in [0.15, 0.2) is 0 Å². The molecule has 6 nitrogen and oxygen atoms in total. The fourth-order valence-corrected chi connectivity index (χ4v) is 5.74. The topological polar surface area (TPSA) is 75.7 Å². The second-order valence-electron chi connectivity index (χ2n) is 7.39. The second-order valence-corrected chi connectivity index (χ2v) is 10.8. The summed E-state index contributed by atoms with van der Waals surface area (Å²) in [5.41, 5.74) is 1.19. The van der Waals surface area contributed by atoms with Gasteiger partial charge in [-0.05, 0) is 67.1 Å². The van der Waals surface area contributed by atoms with Crippen LogP contribution >= 0.6 is 23.4 Å². The number of rotatable bonds is 12. The smallest absolute Gasteiger partial charge is 0.264 e. The maximum Gasteiger partial charge on any atom is 0.264 e. The van der Waals surface area contributed by atoms with Crippen LogP contribution < -0.4 is 14.4 Å². The molecule has 186 valence electrons. The van der Waals surface area contributed by atoms with E-state index in [0.29, 0.717) is 35.4 Å². The van der Waals surface area contributed by atoms with Crippen molar-refractivity contribution in [2.75, 3.05) is 29.8 Å². The molecule has 1 N–H and O–H groups in total. The summed E-state index contributed by atoms with van der Waals surface area (Å²) in [6.07, 6.45) is 0. The Balaban J connectivity index is 1.66. The van der Waals surface area contributed by atoms with Crippen molar-refractivity contribution < 1.29 is 22.3 Å². The van der Waals surface area contributed by atoms with Gasteiger partial charge in [-0.1, -0.05) is 29.8 Å². The Hall–Kier alpha value is -2.75. The molecule has 0 aliphatic carbocycles. The predicted molar refractivity (Wildman–Crippen MR) is 139 cm³/mol. The largest absolute Gasteiger partial charge is 0.494 e. The van der Waals surface area contributed by atoms with Crippen LogP contribution in [0.15, 0.2) is 77.7 Å². The van der Waals surface area contributed by atoms with Crippen LogP contribution in [0.5, 0.6) is 5.75 Å². The van der Waals surface area contributed by atoms with E-state index in [2.05, 4.69) is 5.32 Å². The first kappa shape index (κ1) is 26.8. The van der Waals surface area contributed by atoms with Crippen molar-refractivity contribution in [3.05, 3.63) is 89.2 Å². The summed E-state index contributed by atoms with van der Waals surface area (Å²) in [6, 6.07) is 18.4. The van der Waals surface area contributed by atoms with Crippen molar-refractivity contribution in [1.29, 1.82) is 0 Å². The van der Waals surface area contributed by atoms with E-state index in [1.54, 1.807) is 23.9 Å². The zero-order valence-electron chi connectivity index (χ0n) is 19.1. The third kappa shape index (κ3) is 7.62. The quantitative estimate of drug-likeness (QED) is 0.325. The SMILES string of the molecule is CCOc1ccc(S(=O)(=O)N(CC(=O)NCCSCc2ccccc2Cl)c2ccc(F)cc2)cc1. The predicted octanol–water partition coefficient (Wildman–Crippen LogP) is 5.12. The van der Waals surface area contributed by atoms with Crippen LogP contribution in [-0.2, 0) is 20.6 Å². The first-order valence-corrected chi connectivity index (χ1v) is 13.9. The number of hydrogen-bond acceptors (Lipinski definition) is 5. The first-order chi connectivity index (χ1) is 16.8. The summed E-state index contributed by atoms with van der Waals surface area (Å²) in [5, 5.41) is 3.44. The van der Waals surface area contributed by atoms with E-state index < -0.39 is 28.3 Å². The molecule has 0 aliphatic heterocycles. The molecule has 0 saturated heterocycles. The monoisotopic (exact) mass is 536 g/mol. The molecular weight excluding hydrogens is 511 g/mol. The highest BCUT2D eigenvalue weighted by atomic mass is 35.5. The van der Waals surface area contributed by atoms with Crippen LogP contribution in [0.3, 0.4) is 0 Å². The van der Waals surface area contributed by atoms with Gasteiger partial charge >= 0.3 is 0 Å². The lowest BCUT2D eigenvalue weighted by Crippen LogP contribution is -2.41. The van der Waals surface area contributed by atoms with E-state index in [4.69, 9.17) is 16.3 Å². The molecule has 35 heavy (non-hydrogen) atoms. The second kappa shape index (κ2) is 12.8. The highest BCUT2D eigenvalue weighted by molar-refractivity contribution is 7.98. The number of anilines is 1. The number of hydrogen-bond donors (Lipinski definition) is 1. The highest BCUT2D eigenvalue weighted by Crippen LogP contribution is 2.25. The van der Waals surface area contributed by atoms with Crippen molar-refractivity contribution in [1.82, 2.24) is 5.32 Å². The van der Waals surface area contributed by atoms with Gasteiger partial charge in [0.25, 0.3) is 10.0 Å². The third-order valence-corrected chi connectivity index (χ3v) is 8.07. The van der Waals surface area contributed by atoms with Gasteiger partial charge in [-0.2, -0.15) is 11.8 Å². The molecule has 0 atom stereocenters. The number of carbonyl (C=O) groups is 1. The van der Waals surface area contributed by atoms with Crippen LogP contribution in [0, 0.1) is 5.82 Å². The lowest BCUT2D eigenvalue weighted by Gasteiger charge is -2.24. The van der Waals surface area contributed by atoms with Crippen molar-refractivity contribution in [2.24, 2.45) is 0 Å². The molecule has 0 spiro atoms. The molecule has 0 fully saturated rings. The van der Waals surface area contributed by atoms with E-state index in [1.165, 1.54) is 24.3 Å². The zero-order valence-corrected chi connectivity index (χ0v) is 21.5. The number of amides is 1. The van der Waals surface area contributed by atoms with E-state index in [9.17, 15) is 17.6 Å². The molecule has 3 rings (SSSR count). The molecular formula is C25H26ClFN2O4S2. The van der Waals surface area contributed by atoms with Crippen molar-refractivity contribution in [2.45, 2.75) is 17.6 Å². The minimum Gasteiger partial charge on any atom is -0.494 e. The van der Waals surface area contributed by atoms with Gasteiger partial charge in [0.05, 0.1) is 17.2 Å². The van der Waals surface area contributed by atoms with E-state index in [-0.39, 0.29) is 10.6 Å². The summed E-state index contributed by atoms with van der Waals surface area (Å²) in [4.78, 5) is 12.7.